The standard InChI is InChI=1S/C21H36.C8H12.Ru/c1-7-16(4)12-19-10-11-20(13-17(5)8-2)21(15-19)14-18(6)9-3;1-2-4-6-8-7-5-3-1;/h10-11,15-18H,7-9,12-14H2,1-6H3;1-2,7-8H,3-6H2;/b;2-1-,8-7-;. The molecule has 1 aromatic rings. The van der Waals surface area contributed by atoms with Gasteiger partial charge in [-0.1, -0.05) is 103 Å². The van der Waals surface area contributed by atoms with E-state index in [0.717, 1.165) is 17.8 Å². The summed E-state index contributed by atoms with van der Waals surface area (Å²) in [5.41, 5.74) is 4.75. The zero-order valence-electron chi connectivity index (χ0n) is 20.7. The fourth-order valence-corrected chi connectivity index (χ4v) is 3.64. The quantitative estimate of drug-likeness (QED) is 0.236. The molecule has 0 fully saturated rings. The molecule has 30 heavy (non-hydrogen) atoms. The van der Waals surface area contributed by atoms with Crippen molar-refractivity contribution in [1.29, 1.82) is 0 Å². The van der Waals surface area contributed by atoms with Crippen LogP contribution in [0.2, 0.25) is 0 Å². The van der Waals surface area contributed by atoms with E-state index in [1.54, 1.807) is 11.1 Å². The molecule has 1 heteroatoms. The summed E-state index contributed by atoms with van der Waals surface area (Å²) < 4.78 is 0. The molecular weight excluding hydrogens is 449 g/mol. The Balaban J connectivity index is 0.000000782. The van der Waals surface area contributed by atoms with Crippen molar-refractivity contribution < 1.29 is 19.5 Å². The second-order valence-electron chi connectivity index (χ2n) is 9.35. The second kappa shape index (κ2) is 17.9. The molecule has 0 radical (unpaired) electrons. The van der Waals surface area contributed by atoms with Gasteiger partial charge in [0, 0.05) is 19.5 Å². The van der Waals surface area contributed by atoms with Crippen LogP contribution in [0.5, 0.6) is 0 Å². The van der Waals surface area contributed by atoms with Crippen LogP contribution in [0.4, 0.5) is 0 Å². The van der Waals surface area contributed by atoms with E-state index in [-0.39, 0.29) is 19.5 Å². The first kappa shape index (κ1) is 29.3. The molecule has 2 rings (SSSR count). The molecule has 1 aliphatic carbocycles. The molecule has 1 aromatic carbocycles. The van der Waals surface area contributed by atoms with E-state index in [4.69, 9.17) is 0 Å². The molecule has 0 heterocycles. The zero-order chi connectivity index (χ0) is 21.5. The monoisotopic (exact) mass is 498 g/mol. The maximum atomic E-state index is 2.51. The van der Waals surface area contributed by atoms with Crippen LogP contribution in [0, 0.1) is 17.8 Å². The van der Waals surface area contributed by atoms with Gasteiger partial charge in [-0.2, -0.15) is 0 Å². The van der Waals surface area contributed by atoms with Gasteiger partial charge in [-0.25, -0.2) is 0 Å². The predicted molar refractivity (Wildman–Crippen MR) is 133 cm³/mol. The summed E-state index contributed by atoms with van der Waals surface area (Å²) >= 11 is 0. The van der Waals surface area contributed by atoms with Crippen LogP contribution in [0.25, 0.3) is 0 Å². The van der Waals surface area contributed by atoms with Crippen molar-refractivity contribution in [2.75, 3.05) is 0 Å². The van der Waals surface area contributed by atoms with Gasteiger partial charge in [0.1, 0.15) is 0 Å². The van der Waals surface area contributed by atoms with Gasteiger partial charge in [-0.15, -0.1) is 0 Å². The Morgan fingerprint density at radius 1 is 0.600 bits per heavy atom. The van der Waals surface area contributed by atoms with Crippen LogP contribution >= 0.6 is 0 Å². The average Bonchev–Trinajstić information content (AvgIpc) is 2.69. The van der Waals surface area contributed by atoms with Gasteiger partial charge in [-0.05, 0) is 79.4 Å². The van der Waals surface area contributed by atoms with Gasteiger partial charge in [-0.3, -0.25) is 0 Å². The van der Waals surface area contributed by atoms with Crippen molar-refractivity contribution in [3.8, 4) is 0 Å². The minimum absolute atomic E-state index is 0. The molecule has 0 bridgehead atoms. The van der Waals surface area contributed by atoms with E-state index < -0.39 is 0 Å². The first-order valence-corrected chi connectivity index (χ1v) is 12.4. The van der Waals surface area contributed by atoms with Gasteiger partial charge in [0.15, 0.2) is 0 Å². The maximum absolute atomic E-state index is 2.51. The van der Waals surface area contributed by atoms with E-state index in [2.05, 4.69) is 84.0 Å². The van der Waals surface area contributed by atoms with Gasteiger partial charge >= 0.3 is 0 Å². The summed E-state index contributed by atoms with van der Waals surface area (Å²) in [6, 6.07) is 7.31. The van der Waals surface area contributed by atoms with Gasteiger partial charge in [0.25, 0.3) is 0 Å². The molecule has 0 spiro atoms. The number of hydrogen-bond acceptors (Lipinski definition) is 0. The third-order valence-corrected chi connectivity index (χ3v) is 6.42. The molecule has 3 atom stereocenters. The third-order valence-electron chi connectivity index (χ3n) is 6.42. The van der Waals surface area contributed by atoms with Crippen LogP contribution < -0.4 is 0 Å². The van der Waals surface area contributed by atoms with E-state index in [0.29, 0.717) is 0 Å². The second-order valence-corrected chi connectivity index (χ2v) is 9.35. The van der Waals surface area contributed by atoms with Crippen LogP contribution in [0.3, 0.4) is 0 Å². The number of benzene rings is 1. The SMILES string of the molecule is C1=C\CC/C=C\CC/1.CCC(C)Cc1ccc(CC(C)CC)c(CC(C)CC)c1.[Ru]. The number of rotatable bonds is 9. The Morgan fingerprint density at radius 2 is 1.00 bits per heavy atom. The van der Waals surface area contributed by atoms with Gasteiger partial charge < -0.3 is 0 Å². The Bertz CT molecular complexity index is 572. The Kier molecular flexibility index (Phi) is 17.5. The first-order chi connectivity index (χ1) is 14.0. The van der Waals surface area contributed by atoms with Crippen molar-refractivity contribution in [3.05, 3.63) is 59.2 Å². The van der Waals surface area contributed by atoms with E-state index >= 15 is 0 Å². The molecule has 0 saturated heterocycles. The Labute approximate surface area is 201 Å². The third kappa shape index (κ3) is 12.9. The van der Waals surface area contributed by atoms with Crippen molar-refractivity contribution >= 4 is 0 Å². The zero-order valence-corrected chi connectivity index (χ0v) is 22.4. The summed E-state index contributed by atoms with van der Waals surface area (Å²) in [5, 5.41) is 0. The molecule has 0 amide bonds. The number of allylic oxidation sites excluding steroid dienone is 4. The van der Waals surface area contributed by atoms with E-state index in [1.807, 2.05) is 0 Å². The molecule has 172 valence electrons. The van der Waals surface area contributed by atoms with Crippen molar-refractivity contribution in [2.24, 2.45) is 17.8 Å². The molecule has 3 unspecified atom stereocenters. The maximum Gasteiger partial charge on any atom is 0 e. The largest absolute Gasteiger partial charge is 0.0882 e. The van der Waals surface area contributed by atoms with E-state index in [9.17, 15) is 0 Å². The average molecular weight is 498 g/mol. The van der Waals surface area contributed by atoms with Crippen LogP contribution in [-0.4, -0.2) is 0 Å². The Hall–Kier alpha value is -0.677. The molecule has 0 aromatic heterocycles. The molecule has 1 aliphatic rings. The van der Waals surface area contributed by atoms with Crippen LogP contribution in [0.1, 0.15) is 103 Å². The van der Waals surface area contributed by atoms with Crippen molar-refractivity contribution in [2.45, 2.75) is 106 Å². The van der Waals surface area contributed by atoms with E-state index in [1.165, 1.54) is 69.8 Å². The number of hydrogen-bond donors (Lipinski definition) is 0. The summed E-state index contributed by atoms with van der Waals surface area (Å²) in [6.45, 7) is 14.0. The topological polar surface area (TPSA) is 0 Å². The molecule has 0 nitrogen and oxygen atoms in total. The molecule has 0 aliphatic heterocycles. The van der Waals surface area contributed by atoms with Crippen LogP contribution in [-0.2, 0) is 38.7 Å². The van der Waals surface area contributed by atoms with Gasteiger partial charge in [0.2, 0.25) is 0 Å². The molecule has 0 saturated carbocycles. The fourth-order valence-electron chi connectivity index (χ4n) is 3.64. The minimum atomic E-state index is 0. The van der Waals surface area contributed by atoms with Crippen molar-refractivity contribution in [3.63, 3.8) is 0 Å². The fraction of sp³-hybridized carbons (Fsp3) is 0.655. The van der Waals surface area contributed by atoms with Crippen LogP contribution in [0.15, 0.2) is 42.5 Å². The normalized spacial score (nSPS) is 18.5. The Morgan fingerprint density at radius 3 is 1.43 bits per heavy atom. The first-order valence-electron chi connectivity index (χ1n) is 12.4. The summed E-state index contributed by atoms with van der Waals surface area (Å²) in [4.78, 5) is 0. The summed E-state index contributed by atoms with van der Waals surface area (Å²) in [6.07, 6.45) is 21.5. The summed E-state index contributed by atoms with van der Waals surface area (Å²) in [5.74, 6) is 2.38. The summed E-state index contributed by atoms with van der Waals surface area (Å²) in [7, 11) is 0. The molecular formula is C29H48Ru. The molecule has 0 N–H and O–H groups in total. The minimum Gasteiger partial charge on any atom is -0.0882 e. The predicted octanol–water partition coefficient (Wildman–Crippen LogP) is 9.12. The van der Waals surface area contributed by atoms with Gasteiger partial charge in [0.05, 0.1) is 0 Å². The van der Waals surface area contributed by atoms with Crippen molar-refractivity contribution in [1.82, 2.24) is 0 Å². The smallest absolute Gasteiger partial charge is 0 e.